The number of alkyl halides is 3. The molecule has 1 fully saturated rings. The van der Waals surface area contributed by atoms with Gasteiger partial charge in [0.25, 0.3) is 0 Å². The van der Waals surface area contributed by atoms with E-state index >= 15 is 0 Å². The molecule has 1 aliphatic heterocycles. The van der Waals surface area contributed by atoms with Gasteiger partial charge >= 0.3 is 12.1 Å². The predicted octanol–water partition coefficient (Wildman–Crippen LogP) is 4.38. The van der Waals surface area contributed by atoms with E-state index in [1.54, 1.807) is 12.1 Å². The molecule has 0 aliphatic carbocycles. The summed E-state index contributed by atoms with van der Waals surface area (Å²) < 4.78 is 43.3. The van der Waals surface area contributed by atoms with Crippen molar-refractivity contribution < 1.29 is 27.5 Å². The number of carbonyl (C=O) groups is 1. The number of benzene rings is 1. The summed E-state index contributed by atoms with van der Waals surface area (Å²) in [5.74, 6) is -0.548. The lowest BCUT2D eigenvalue weighted by Crippen LogP contribution is -2.26. The van der Waals surface area contributed by atoms with Crippen LogP contribution >= 0.6 is 23.2 Å². The van der Waals surface area contributed by atoms with Crippen LogP contribution in [0.5, 0.6) is 0 Å². The minimum absolute atomic E-state index is 0.0182. The molecule has 138 valence electrons. The predicted molar refractivity (Wildman–Crippen MR) is 88.2 cm³/mol. The fourth-order valence-electron chi connectivity index (χ4n) is 2.26. The van der Waals surface area contributed by atoms with E-state index in [-0.39, 0.29) is 24.0 Å². The lowest BCUT2D eigenvalue weighted by molar-refractivity contribution is -0.137. The second-order valence-corrected chi connectivity index (χ2v) is 6.26. The van der Waals surface area contributed by atoms with Gasteiger partial charge in [-0.2, -0.15) is 13.2 Å². The third-order valence-corrected chi connectivity index (χ3v) is 4.05. The highest BCUT2D eigenvalue weighted by Gasteiger charge is 2.34. The number of aromatic nitrogens is 1. The molecule has 3 rings (SSSR count). The van der Waals surface area contributed by atoms with Crippen molar-refractivity contribution in [2.24, 2.45) is 0 Å². The molecule has 0 amide bonds. The first-order chi connectivity index (χ1) is 12.2. The Balaban J connectivity index is 1.65. The van der Waals surface area contributed by atoms with Crippen LogP contribution in [0.15, 0.2) is 36.5 Å². The zero-order valence-electron chi connectivity index (χ0n) is 13.0. The molecule has 5 nitrogen and oxygen atoms in total. The number of hydroxylamine groups is 1. The molecule has 0 bridgehead atoms. The van der Waals surface area contributed by atoms with Gasteiger partial charge in [-0.15, -0.1) is 0 Å². The molecule has 10 heteroatoms. The van der Waals surface area contributed by atoms with E-state index in [1.165, 1.54) is 17.2 Å². The topological polar surface area (TPSA) is 51.7 Å². The molecule has 26 heavy (non-hydrogen) atoms. The number of esters is 1. The van der Waals surface area contributed by atoms with Gasteiger partial charge < -0.3 is 4.74 Å². The summed E-state index contributed by atoms with van der Waals surface area (Å²) in [6, 6.07) is 6.92. The molecule has 1 aliphatic rings. The Morgan fingerprint density at radius 2 is 1.96 bits per heavy atom. The monoisotopic (exact) mass is 406 g/mol. The number of nitrogens with zero attached hydrogens (tertiary/aromatic N) is 2. The van der Waals surface area contributed by atoms with E-state index in [1.807, 2.05) is 0 Å². The van der Waals surface area contributed by atoms with Crippen molar-refractivity contribution in [2.75, 3.05) is 18.2 Å². The van der Waals surface area contributed by atoms with E-state index in [2.05, 4.69) is 4.98 Å². The lowest BCUT2D eigenvalue weighted by atomic mass is 10.2. The summed E-state index contributed by atoms with van der Waals surface area (Å²) in [6.45, 7) is 0.107. The molecule has 0 saturated carbocycles. The van der Waals surface area contributed by atoms with Gasteiger partial charge in [0, 0.05) is 11.2 Å². The summed E-state index contributed by atoms with van der Waals surface area (Å²) >= 11 is 11.6. The number of hydrogen-bond donors (Lipinski definition) is 0. The third kappa shape index (κ3) is 4.20. The first-order valence-corrected chi connectivity index (χ1v) is 8.09. The summed E-state index contributed by atoms with van der Waals surface area (Å²) in [4.78, 5) is 21.1. The first-order valence-electron chi connectivity index (χ1n) is 7.34. The van der Waals surface area contributed by atoms with Crippen LogP contribution in [0, 0.1) is 0 Å². The average molecular weight is 407 g/mol. The van der Waals surface area contributed by atoms with Gasteiger partial charge in [0.05, 0.1) is 22.7 Å². The molecule has 2 heterocycles. The van der Waals surface area contributed by atoms with Crippen LogP contribution in [-0.2, 0) is 15.8 Å². The molecular weight excluding hydrogens is 396 g/mol. The zero-order valence-corrected chi connectivity index (χ0v) is 14.5. The third-order valence-electron chi connectivity index (χ3n) is 3.52. The minimum atomic E-state index is -4.54. The first kappa shape index (κ1) is 18.8. The van der Waals surface area contributed by atoms with Gasteiger partial charge in [-0.1, -0.05) is 23.2 Å². The Labute approximate surface area is 156 Å². The standard InChI is InChI=1S/C16H11Cl2F3N2O3/c17-11-3-1-9(2-4-11)15(24)26-12-7-23(25-8-12)14-13(18)5-10(6-22-14)16(19,20)21/h1-6,12H,7-8H2. The SMILES string of the molecule is O=C(OC1CON(c2ncc(C(F)(F)F)cc2Cl)C1)c1ccc(Cl)cc1. The van der Waals surface area contributed by atoms with Gasteiger partial charge in [-0.3, -0.25) is 4.84 Å². The van der Waals surface area contributed by atoms with Crippen LogP contribution in [-0.4, -0.2) is 30.2 Å². The number of hydrogen-bond acceptors (Lipinski definition) is 5. The molecule has 1 saturated heterocycles. The molecule has 0 radical (unpaired) electrons. The molecule has 2 aromatic rings. The Morgan fingerprint density at radius 3 is 2.58 bits per heavy atom. The molecule has 1 aromatic carbocycles. The molecule has 0 spiro atoms. The van der Waals surface area contributed by atoms with Crippen LogP contribution in [0.4, 0.5) is 19.0 Å². The number of halogens is 5. The smallest absolute Gasteiger partial charge is 0.417 e. The Hall–Kier alpha value is -2.03. The highest BCUT2D eigenvalue weighted by molar-refractivity contribution is 6.33. The van der Waals surface area contributed by atoms with Crippen LogP contribution in [0.25, 0.3) is 0 Å². The van der Waals surface area contributed by atoms with Gasteiger partial charge in [-0.05, 0) is 30.3 Å². The fourth-order valence-corrected chi connectivity index (χ4v) is 2.64. The summed E-state index contributed by atoms with van der Waals surface area (Å²) in [6.07, 6.45) is -4.51. The maximum Gasteiger partial charge on any atom is 0.417 e. The highest BCUT2D eigenvalue weighted by atomic mass is 35.5. The van der Waals surface area contributed by atoms with E-state index < -0.39 is 23.8 Å². The Morgan fingerprint density at radius 1 is 1.27 bits per heavy atom. The van der Waals surface area contributed by atoms with E-state index in [0.29, 0.717) is 16.8 Å². The van der Waals surface area contributed by atoms with Crippen LogP contribution in [0.3, 0.4) is 0 Å². The second-order valence-electron chi connectivity index (χ2n) is 5.42. The molecule has 1 atom stereocenters. The van der Waals surface area contributed by atoms with Crippen LogP contribution < -0.4 is 5.06 Å². The molecule has 1 unspecified atom stereocenters. The lowest BCUT2D eigenvalue weighted by Gasteiger charge is -2.17. The van der Waals surface area contributed by atoms with E-state index in [9.17, 15) is 18.0 Å². The van der Waals surface area contributed by atoms with Crippen molar-refractivity contribution in [1.82, 2.24) is 4.98 Å². The van der Waals surface area contributed by atoms with Crippen LogP contribution in [0.1, 0.15) is 15.9 Å². The van der Waals surface area contributed by atoms with Crippen molar-refractivity contribution in [3.05, 3.63) is 57.7 Å². The van der Waals surface area contributed by atoms with Crippen molar-refractivity contribution in [3.8, 4) is 0 Å². The maximum atomic E-state index is 12.7. The minimum Gasteiger partial charge on any atom is -0.454 e. The number of anilines is 1. The van der Waals surface area contributed by atoms with Crippen molar-refractivity contribution in [2.45, 2.75) is 12.3 Å². The van der Waals surface area contributed by atoms with Gasteiger partial charge in [-0.25, -0.2) is 14.8 Å². The summed E-state index contributed by atoms with van der Waals surface area (Å²) in [5.41, 5.74) is -0.644. The number of ether oxygens (including phenoxy) is 1. The van der Waals surface area contributed by atoms with E-state index in [4.69, 9.17) is 32.8 Å². The van der Waals surface area contributed by atoms with Gasteiger partial charge in [0.2, 0.25) is 0 Å². The summed E-state index contributed by atoms with van der Waals surface area (Å²) in [5, 5.41) is 1.46. The second kappa shape index (κ2) is 7.30. The molecular formula is C16H11Cl2F3N2O3. The van der Waals surface area contributed by atoms with Gasteiger partial charge in [0.15, 0.2) is 5.82 Å². The fraction of sp³-hybridized carbons (Fsp3) is 0.250. The van der Waals surface area contributed by atoms with E-state index in [0.717, 1.165) is 6.07 Å². The zero-order chi connectivity index (χ0) is 18.9. The Bertz CT molecular complexity index is 815. The summed E-state index contributed by atoms with van der Waals surface area (Å²) in [7, 11) is 0. The largest absolute Gasteiger partial charge is 0.454 e. The number of carbonyl (C=O) groups excluding carboxylic acids is 1. The van der Waals surface area contributed by atoms with Gasteiger partial charge in [0.1, 0.15) is 12.7 Å². The molecule has 0 N–H and O–H groups in total. The average Bonchev–Trinajstić information content (AvgIpc) is 3.02. The Kier molecular flexibility index (Phi) is 5.27. The highest BCUT2D eigenvalue weighted by Crippen LogP contribution is 2.34. The quantitative estimate of drug-likeness (QED) is 0.707. The maximum absolute atomic E-state index is 12.7. The number of pyridine rings is 1. The van der Waals surface area contributed by atoms with Crippen molar-refractivity contribution in [1.29, 1.82) is 0 Å². The normalized spacial score (nSPS) is 17.4. The van der Waals surface area contributed by atoms with Crippen molar-refractivity contribution >= 4 is 35.0 Å². The number of rotatable bonds is 3. The molecule has 1 aromatic heterocycles. The van der Waals surface area contributed by atoms with Crippen LogP contribution in [0.2, 0.25) is 10.0 Å². The van der Waals surface area contributed by atoms with Crippen molar-refractivity contribution in [3.63, 3.8) is 0 Å².